The molecular formula is C18H14F3N3O2S. The Kier molecular flexibility index (Phi) is 5.13. The number of halogens is 3. The molecule has 1 aromatic carbocycles. The number of nitrogens with two attached hydrogens (primary N) is 1. The lowest BCUT2D eigenvalue weighted by atomic mass is 10.1. The van der Waals surface area contributed by atoms with Gasteiger partial charge in [0.15, 0.2) is 11.6 Å². The summed E-state index contributed by atoms with van der Waals surface area (Å²) in [4.78, 5) is 20.0. The summed E-state index contributed by atoms with van der Waals surface area (Å²) in [5.41, 5.74) is 4.98. The Morgan fingerprint density at radius 3 is 2.52 bits per heavy atom. The molecule has 3 aromatic rings. The quantitative estimate of drug-likeness (QED) is 0.662. The molecule has 0 fully saturated rings. The van der Waals surface area contributed by atoms with Gasteiger partial charge in [0.1, 0.15) is 16.4 Å². The van der Waals surface area contributed by atoms with Crippen molar-refractivity contribution in [2.45, 2.75) is 13.8 Å². The van der Waals surface area contributed by atoms with Crippen LogP contribution in [-0.2, 0) is 0 Å². The lowest BCUT2D eigenvalue weighted by Crippen LogP contribution is -2.17. The highest BCUT2D eigenvalue weighted by molar-refractivity contribution is 7.18. The predicted molar refractivity (Wildman–Crippen MR) is 95.1 cm³/mol. The van der Waals surface area contributed by atoms with Crippen LogP contribution in [0.2, 0.25) is 0 Å². The van der Waals surface area contributed by atoms with Crippen LogP contribution >= 0.6 is 11.3 Å². The smallest absolute Gasteiger partial charge is 0.254 e. The summed E-state index contributed by atoms with van der Waals surface area (Å²) in [6.07, 6.45) is 3.05. The van der Waals surface area contributed by atoms with Gasteiger partial charge in [0.05, 0.1) is 17.0 Å². The second-order valence-electron chi connectivity index (χ2n) is 5.57. The fourth-order valence-corrected chi connectivity index (χ4v) is 3.52. The minimum absolute atomic E-state index is 0.0598. The molecule has 0 radical (unpaired) electrons. The molecule has 1 amide bonds. The Labute approximate surface area is 156 Å². The number of aromatic nitrogens is 2. The van der Waals surface area contributed by atoms with E-state index in [9.17, 15) is 18.0 Å². The van der Waals surface area contributed by atoms with E-state index >= 15 is 0 Å². The monoisotopic (exact) mass is 393 g/mol. The van der Waals surface area contributed by atoms with Gasteiger partial charge in [0.2, 0.25) is 5.88 Å². The Morgan fingerprint density at radius 1 is 1.15 bits per heavy atom. The summed E-state index contributed by atoms with van der Waals surface area (Å²) >= 11 is 1.04. The molecule has 2 heterocycles. The van der Waals surface area contributed by atoms with E-state index in [0.29, 0.717) is 23.4 Å². The van der Waals surface area contributed by atoms with Gasteiger partial charge >= 0.3 is 0 Å². The molecule has 0 spiro atoms. The maximum atomic E-state index is 14.3. The third kappa shape index (κ3) is 3.50. The van der Waals surface area contributed by atoms with Crippen molar-refractivity contribution in [1.82, 2.24) is 9.97 Å². The van der Waals surface area contributed by atoms with Crippen molar-refractivity contribution >= 4 is 17.2 Å². The van der Waals surface area contributed by atoms with E-state index in [0.717, 1.165) is 22.5 Å². The fraction of sp³-hybridized carbons (Fsp3) is 0.167. The van der Waals surface area contributed by atoms with E-state index in [1.165, 1.54) is 6.20 Å². The molecule has 27 heavy (non-hydrogen) atoms. The average molecular weight is 393 g/mol. The Balaban J connectivity index is 2.03. The van der Waals surface area contributed by atoms with Crippen LogP contribution in [0.4, 0.5) is 13.2 Å². The van der Waals surface area contributed by atoms with Crippen molar-refractivity contribution in [3.8, 4) is 26.9 Å². The highest BCUT2D eigenvalue weighted by Crippen LogP contribution is 2.36. The molecule has 9 heteroatoms. The van der Waals surface area contributed by atoms with Gasteiger partial charge in [0, 0.05) is 24.0 Å². The van der Waals surface area contributed by atoms with Crippen LogP contribution in [0.3, 0.4) is 0 Å². The number of hydrogen-bond donors (Lipinski definition) is 1. The van der Waals surface area contributed by atoms with Gasteiger partial charge < -0.3 is 10.5 Å². The second kappa shape index (κ2) is 7.36. The highest BCUT2D eigenvalue weighted by Gasteiger charge is 2.24. The number of rotatable bonds is 5. The van der Waals surface area contributed by atoms with Crippen molar-refractivity contribution in [3.63, 3.8) is 0 Å². The first-order valence-corrected chi connectivity index (χ1v) is 8.68. The van der Waals surface area contributed by atoms with E-state index < -0.39 is 28.9 Å². The topological polar surface area (TPSA) is 78.1 Å². The third-order valence-corrected chi connectivity index (χ3v) is 4.85. The normalized spacial score (nSPS) is 10.9. The molecule has 0 unspecified atom stereocenters. The van der Waals surface area contributed by atoms with E-state index in [2.05, 4.69) is 9.97 Å². The number of carbonyl (C=O) groups excluding carboxylic acids is 1. The van der Waals surface area contributed by atoms with Crippen molar-refractivity contribution < 1.29 is 22.7 Å². The molecule has 0 saturated heterocycles. The molecule has 140 valence electrons. The number of thiazole rings is 1. The first-order chi connectivity index (χ1) is 12.8. The summed E-state index contributed by atoms with van der Waals surface area (Å²) in [5, 5.41) is 0.0598. The van der Waals surface area contributed by atoms with Gasteiger partial charge in [-0.3, -0.25) is 4.79 Å². The summed E-state index contributed by atoms with van der Waals surface area (Å²) < 4.78 is 47.6. The van der Waals surface area contributed by atoms with Crippen LogP contribution < -0.4 is 10.5 Å². The lowest BCUT2D eigenvalue weighted by molar-refractivity contribution is 0.0991. The molecule has 0 atom stereocenters. The van der Waals surface area contributed by atoms with Gasteiger partial charge in [0.25, 0.3) is 5.91 Å². The van der Waals surface area contributed by atoms with Crippen molar-refractivity contribution in [3.05, 3.63) is 53.1 Å². The highest BCUT2D eigenvalue weighted by atomic mass is 32.1. The van der Waals surface area contributed by atoms with Crippen molar-refractivity contribution in [1.29, 1.82) is 0 Å². The van der Waals surface area contributed by atoms with Gasteiger partial charge in [-0.1, -0.05) is 0 Å². The van der Waals surface area contributed by atoms with Gasteiger partial charge in [-0.25, -0.2) is 23.1 Å². The lowest BCUT2D eigenvalue weighted by Gasteiger charge is -2.07. The van der Waals surface area contributed by atoms with E-state index in [1.54, 1.807) is 12.3 Å². The molecule has 0 aliphatic rings. The fourth-order valence-electron chi connectivity index (χ4n) is 2.51. The number of hydrogen-bond acceptors (Lipinski definition) is 5. The Hall–Kier alpha value is -2.94. The number of carbonyl (C=O) groups is 1. The first-order valence-electron chi connectivity index (χ1n) is 7.86. The van der Waals surface area contributed by atoms with Crippen LogP contribution in [0.5, 0.6) is 5.88 Å². The summed E-state index contributed by atoms with van der Waals surface area (Å²) in [6, 6.07) is 2.46. The van der Waals surface area contributed by atoms with Gasteiger partial charge in [-0.05, 0) is 25.5 Å². The third-order valence-electron chi connectivity index (χ3n) is 3.78. The number of ether oxygens (including phenoxy) is 1. The number of nitrogens with zero attached hydrogens (tertiary/aromatic N) is 2. The molecule has 5 nitrogen and oxygen atoms in total. The molecule has 2 aromatic heterocycles. The standard InChI is InChI=1S/C18H14F3N3O2S/c1-3-26-13-4-8(2)10(6-23-13)12-7-24-18(27-12)9-5-11(19)14(17(22)25)16(21)15(9)20/h4-7H,3H2,1-2H3,(H2,22,25). The van der Waals surface area contributed by atoms with Crippen LogP contribution in [0.25, 0.3) is 21.0 Å². The molecule has 0 aliphatic heterocycles. The zero-order valence-corrected chi connectivity index (χ0v) is 15.2. The predicted octanol–water partition coefficient (Wildman–Crippen LogP) is 4.10. The summed E-state index contributed by atoms with van der Waals surface area (Å²) in [6.45, 7) is 4.17. The summed E-state index contributed by atoms with van der Waals surface area (Å²) in [5.74, 6) is -5.17. The number of primary amides is 1. The van der Waals surface area contributed by atoms with Gasteiger partial charge in [-0.2, -0.15) is 0 Å². The van der Waals surface area contributed by atoms with Crippen molar-refractivity contribution in [2.75, 3.05) is 6.61 Å². The number of pyridine rings is 1. The van der Waals surface area contributed by atoms with Crippen LogP contribution in [0, 0.1) is 24.4 Å². The minimum Gasteiger partial charge on any atom is -0.478 e. The summed E-state index contributed by atoms with van der Waals surface area (Å²) in [7, 11) is 0. The molecule has 3 rings (SSSR count). The molecule has 2 N–H and O–H groups in total. The number of amides is 1. The largest absolute Gasteiger partial charge is 0.478 e. The van der Waals surface area contributed by atoms with Crippen LogP contribution in [-0.4, -0.2) is 22.5 Å². The molecule has 0 aliphatic carbocycles. The Morgan fingerprint density at radius 2 is 1.89 bits per heavy atom. The van der Waals surface area contributed by atoms with Crippen molar-refractivity contribution in [2.24, 2.45) is 5.73 Å². The minimum atomic E-state index is -1.63. The van der Waals surface area contributed by atoms with E-state index in [1.807, 2.05) is 13.8 Å². The number of benzene rings is 1. The van der Waals surface area contributed by atoms with E-state index in [4.69, 9.17) is 10.5 Å². The SMILES string of the molecule is CCOc1cc(C)c(-c2cnc(-c3cc(F)c(C(N)=O)c(F)c3F)s2)cn1. The second-order valence-corrected chi connectivity index (χ2v) is 6.60. The van der Waals surface area contributed by atoms with Crippen LogP contribution in [0.1, 0.15) is 22.8 Å². The zero-order valence-electron chi connectivity index (χ0n) is 14.3. The Bertz CT molecular complexity index is 1040. The molecule has 0 saturated carbocycles. The first kappa shape index (κ1) is 18.8. The van der Waals surface area contributed by atoms with Crippen LogP contribution in [0.15, 0.2) is 24.5 Å². The zero-order chi connectivity index (χ0) is 19.7. The molecular weight excluding hydrogens is 379 g/mol. The maximum Gasteiger partial charge on any atom is 0.254 e. The maximum absolute atomic E-state index is 14.3. The van der Waals surface area contributed by atoms with Gasteiger partial charge in [-0.15, -0.1) is 11.3 Å². The van der Waals surface area contributed by atoms with E-state index in [-0.39, 0.29) is 10.6 Å². The molecule has 0 bridgehead atoms. The number of aryl methyl sites for hydroxylation is 1. The average Bonchev–Trinajstić information content (AvgIpc) is 3.08.